The highest BCUT2D eigenvalue weighted by atomic mass is 79.9. The van der Waals surface area contributed by atoms with Gasteiger partial charge in [0.05, 0.1) is 29.0 Å². The van der Waals surface area contributed by atoms with Crippen LogP contribution in [0.4, 0.5) is 0 Å². The number of aliphatic hydroxyl groups excluding tert-OH is 1. The lowest BCUT2D eigenvalue weighted by Crippen LogP contribution is -2.07. The van der Waals surface area contributed by atoms with Crippen LogP contribution in [0.2, 0.25) is 0 Å². The third kappa shape index (κ3) is 2.51. The Labute approximate surface area is 132 Å². The minimum Gasteiger partial charge on any atom is -0.392 e. The molecule has 2 aromatic heterocycles. The third-order valence-electron chi connectivity index (χ3n) is 3.79. The first-order chi connectivity index (χ1) is 10.1. The van der Waals surface area contributed by atoms with Gasteiger partial charge in [-0.1, -0.05) is 12.1 Å². The van der Waals surface area contributed by atoms with Gasteiger partial charge in [0.15, 0.2) is 0 Å². The Balaban J connectivity index is 2.06. The molecule has 0 spiro atoms. The molecule has 0 atom stereocenters. The zero-order valence-corrected chi connectivity index (χ0v) is 13.8. The summed E-state index contributed by atoms with van der Waals surface area (Å²) in [5.74, 6) is 0. The molecular weight excluding hydrogens is 330 g/mol. The monoisotopic (exact) mass is 347 g/mol. The molecule has 0 aliphatic carbocycles. The molecule has 0 aliphatic heterocycles. The Bertz CT molecular complexity index is 788. The molecule has 0 bridgehead atoms. The van der Waals surface area contributed by atoms with Crippen molar-refractivity contribution in [2.24, 2.45) is 0 Å². The van der Waals surface area contributed by atoms with Crippen LogP contribution in [0.5, 0.6) is 0 Å². The van der Waals surface area contributed by atoms with Crippen molar-refractivity contribution in [1.82, 2.24) is 14.3 Å². The number of aromatic nitrogens is 3. The van der Waals surface area contributed by atoms with Crippen molar-refractivity contribution < 1.29 is 5.11 Å². The Morgan fingerprint density at radius 3 is 2.81 bits per heavy atom. The summed E-state index contributed by atoms with van der Waals surface area (Å²) in [6, 6.07) is 8.16. The molecule has 3 aromatic rings. The average Bonchev–Trinajstić information content (AvgIpc) is 3.02. The van der Waals surface area contributed by atoms with E-state index in [1.54, 1.807) is 0 Å². The summed E-state index contributed by atoms with van der Waals surface area (Å²) in [5.41, 5.74) is 4.25. The van der Waals surface area contributed by atoms with Crippen LogP contribution in [0, 0.1) is 6.92 Å². The van der Waals surface area contributed by atoms with E-state index in [9.17, 15) is 5.11 Å². The Kier molecular flexibility index (Phi) is 3.87. The molecule has 0 amide bonds. The number of benzene rings is 1. The lowest BCUT2D eigenvalue weighted by atomic mass is 10.2. The van der Waals surface area contributed by atoms with Crippen LogP contribution < -0.4 is 0 Å². The van der Waals surface area contributed by atoms with Gasteiger partial charge in [-0.05, 0) is 52.9 Å². The van der Waals surface area contributed by atoms with E-state index in [1.165, 1.54) is 11.1 Å². The molecule has 1 N–H and O–H groups in total. The van der Waals surface area contributed by atoms with Crippen LogP contribution in [0.1, 0.15) is 23.9 Å². The summed E-state index contributed by atoms with van der Waals surface area (Å²) in [4.78, 5) is 0. The maximum atomic E-state index is 9.31. The van der Waals surface area contributed by atoms with E-state index < -0.39 is 0 Å². The number of fused-ring (bicyclic) bond motifs is 1. The molecule has 0 unspecified atom stereocenters. The van der Waals surface area contributed by atoms with Gasteiger partial charge in [0.25, 0.3) is 0 Å². The SMILES string of the molecule is CCn1nc(C)c(Br)c1Cn1ccc2ccc(CO)cc21. The number of halogens is 1. The van der Waals surface area contributed by atoms with E-state index >= 15 is 0 Å². The fourth-order valence-electron chi connectivity index (χ4n) is 2.65. The molecular formula is C16H18BrN3O. The third-order valence-corrected chi connectivity index (χ3v) is 4.83. The van der Waals surface area contributed by atoms with Crippen LogP contribution in [0.3, 0.4) is 0 Å². The summed E-state index contributed by atoms with van der Waals surface area (Å²) in [6.07, 6.45) is 2.08. The first kappa shape index (κ1) is 14.4. The van der Waals surface area contributed by atoms with Gasteiger partial charge in [-0.25, -0.2) is 0 Å². The van der Waals surface area contributed by atoms with E-state index in [0.717, 1.165) is 34.3 Å². The molecule has 2 heterocycles. The zero-order valence-electron chi connectivity index (χ0n) is 12.2. The Morgan fingerprint density at radius 1 is 1.29 bits per heavy atom. The van der Waals surface area contributed by atoms with Crippen LogP contribution in [-0.2, 0) is 19.7 Å². The minimum absolute atomic E-state index is 0.0663. The maximum absolute atomic E-state index is 9.31. The maximum Gasteiger partial charge on any atom is 0.0739 e. The van der Waals surface area contributed by atoms with Gasteiger partial charge in [-0.2, -0.15) is 5.10 Å². The standard InChI is InChI=1S/C16H18BrN3O/c1-3-20-15(16(17)11(2)18-20)9-19-7-6-13-5-4-12(10-21)8-14(13)19/h4-8,21H,3,9-10H2,1-2H3. The summed E-state index contributed by atoms with van der Waals surface area (Å²) >= 11 is 3.64. The van der Waals surface area contributed by atoms with Crippen molar-refractivity contribution in [3.05, 3.63) is 51.9 Å². The van der Waals surface area contributed by atoms with E-state index in [0.29, 0.717) is 0 Å². The first-order valence-corrected chi connectivity index (χ1v) is 7.83. The Hall–Kier alpha value is -1.59. The van der Waals surface area contributed by atoms with Gasteiger partial charge in [0, 0.05) is 18.3 Å². The summed E-state index contributed by atoms with van der Waals surface area (Å²) in [6.45, 7) is 5.78. The van der Waals surface area contributed by atoms with E-state index in [4.69, 9.17) is 0 Å². The topological polar surface area (TPSA) is 43.0 Å². The van der Waals surface area contributed by atoms with Crippen molar-refractivity contribution in [3.8, 4) is 0 Å². The highest BCUT2D eigenvalue weighted by Gasteiger charge is 2.13. The molecule has 4 nitrogen and oxygen atoms in total. The van der Waals surface area contributed by atoms with Crippen LogP contribution >= 0.6 is 15.9 Å². The second-order valence-electron chi connectivity index (χ2n) is 5.16. The van der Waals surface area contributed by atoms with Crippen LogP contribution in [0.15, 0.2) is 34.9 Å². The van der Waals surface area contributed by atoms with Gasteiger partial charge in [0.2, 0.25) is 0 Å². The lowest BCUT2D eigenvalue weighted by Gasteiger charge is -2.09. The van der Waals surface area contributed by atoms with Crippen molar-refractivity contribution in [1.29, 1.82) is 0 Å². The number of rotatable bonds is 4. The average molecular weight is 348 g/mol. The lowest BCUT2D eigenvalue weighted by molar-refractivity contribution is 0.282. The second kappa shape index (κ2) is 5.66. The molecule has 5 heteroatoms. The van der Waals surface area contributed by atoms with Crippen LogP contribution in [-0.4, -0.2) is 19.5 Å². The molecule has 21 heavy (non-hydrogen) atoms. The van der Waals surface area contributed by atoms with Crippen molar-refractivity contribution >= 4 is 26.8 Å². The van der Waals surface area contributed by atoms with Gasteiger partial charge in [-0.3, -0.25) is 4.68 Å². The van der Waals surface area contributed by atoms with Crippen LogP contribution in [0.25, 0.3) is 10.9 Å². The normalized spacial score (nSPS) is 11.4. The minimum atomic E-state index is 0.0663. The van der Waals surface area contributed by atoms with Crippen molar-refractivity contribution in [2.75, 3.05) is 0 Å². The smallest absolute Gasteiger partial charge is 0.0739 e. The number of aliphatic hydroxyl groups is 1. The predicted molar refractivity (Wildman–Crippen MR) is 87.3 cm³/mol. The number of nitrogens with zero attached hydrogens (tertiary/aromatic N) is 3. The van der Waals surface area contributed by atoms with E-state index in [1.807, 2.05) is 23.7 Å². The van der Waals surface area contributed by atoms with Crippen molar-refractivity contribution in [3.63, 3.8) is 0 Å². The molecule has 0 saturated carbocycles. The molecule has 3 rings (SSSR count). The first-order valence-electron chi connectivity index (χ1n) is 7.04. The highest BCUT2D eigenvalue weighted by molar-refractivity contribution is 9.10. The highest BCUT2D eigenvalue weighted by Crippen LogP contribution is 2.25. The molecule has 0 fully saturated rings. The summed E-state index contributed by atoms with van der Waals surface area (Å²) in [7, 11) is 0. The fourth-order valence-corrected chi connectivity index (χ4v) is 3.06. The zero-order chi connectivity index (χ0) is 15.0. The molecule has 0 aliphatic rings. The van der Waals surface area contributed by atoms with Gasteiger partial charge < -0.3 is 9.67 Å². The number of aryl methyl sites for hydroxylation is 2. The van der Waals surface area contributed by atoms with E-state index in [-0.39, 0.29) is 6.61 Å². The van der Waals surface area contributed by atoms with E-state index in [2.05, 4.69) is 50.8 Å². The Morgan fingerprint density at radius 2 is 2.10 bits per heavy atom. The molecule has 0 radical (unpaired) electrons. The molecule has 1 aromatic carbocycles. The van der Waals surface area contributed by atoms with Crippen molar-refractivity contribution in [2.45, 2.75) is 33.5 Å². The molecule has 110 valence electrons. The summed E-state index contributed by atoms with van der Waals surface area (Å²) in [5, 5.41) is 15.0. The fraction of sp³-hybridized carbons (Fsp3) is 0.312. The largest absolute Gasteiger partial charge is 0.392 e. The van der Waals surface area contributed by atoms with Gasteiger partial charge in [0.1, 0.15) is 0 Å². The van der Waals surface area contributed by atoms with Gasteiger partial charge >= 0.3 is 0 Å². The quantitative estimate of drug-likeness (QED) is 0.785. The second-order valence-corrected chi connectivity index (χ2v) is 5.95. The van der Waals surface area contributed by atoms with Gasteiger partial charge in [-0.15, -0.1) is 0 Å². The predicted octanol–water partition coefficient (Wildman–Crippen LogP) is 3.47. The number of hydrogen-bond donors (Lipinski definition) is 1. The summed E-state index contributed by atoms with van der Waals surface area (Å²) < 4.78 is 5.30. The number of hydrogen-bond acceptors (Lipinski definition) is 2. The molecule has 0 saturated heterocycles.